The average molecular weight is 292 g/mol. The zero-order chi connectivity index (χ0) is 13.9. The lowest BCUT2D eigenvalue weighted by molar-refractivity contribution is 0.0636. The molecular weight excluding hydrogens is 277 g/mol. The Balaban J connectivity index is 2.97. The van der Waals surface area contributed by atoms with Crippen LogP contribution in [0, 0.1) is 0 Å². The Labute approximate surface area is 116 Å². The highest BCUT2D eigenvalue weighted by molar-refractivity contribution is 6.37. The van der Waals surface area contributed by atoms with Crippen LogP contribution in [-0.2, 0) is 4.74 Å². The third-order valence-corrected chi connectivity index (χ3v) is 2.44. The molecule has 0 spiro atoms. The van der Waals surface area contributed by atoms with Gasteiger partial charge in [-0.1, -0.05) is 23.2 Å². The first-order chi connectivity index (χ1) is 8.24. The first-order valence-corrected chi connectivity index (χ1v) is 6.02. The number of nitrogens with one attached hydrogen (secondary N) is 2. The monoisotopic (exact) mass is 291 g/mol. The molecule has 0 atom stereocenters. The second-order valence-corrected chi connectivity index (χ2v) is 5.29. The molecule has 1 heterocycles. The van der Waals surface area contributed by atoms with E-state index in [4.69, 9.17) is 27.9 Å². The molecule has 1 aromatic rings. The summed E-state index contributed by atoms with van der Waals surface area (Å²) in [5, 5.41) is 5.86. The molecule has 0 unspecified atom stereocenters. The van der Waals surface area contributed by atoms with Crippen molar-refractivity contribution in [2.75, 3.05) is 17.7 Å². The van der Waals surface area contributed by atoms with Crippen LogP contribution < -0.4 is 10.6 Å². The minimum Gasteiger partial charge on any atom is -0.444 e. The second kappa shape index (κ2) is 5.63. The maximum Gasteiger partial charge on any atom is 0.412 e. The van der Waals surface area contributed by atoms with Crippen molar-refractivity contribution < 1.29 is 9.53 Å². The number of hydrogen-bond acceptors (Lipinski definition) is 4. The number of ether oxygens (including phenoxy) is 1. The summed E-state index contributed by atoms with van der Waals surface area (Å²) in [6, 6.07) is 0. The van der Waals surface area contributed by atoms with Crippen molar-refractivity contribution in [3.8, 4) is 0 Å². The summed E-state index contributed by atoms with van der Waals surface area (Å²) in [6.07, 6.45) is 0.750. The summed E-state index contributed by atoms with van der Waals surface area (Å²) < 4.78 is 5.14. The quantitative estimate of drug-likeness (QED) is 0.814. The molecule has 0 aliphatic rings. The number of anilines is 2. The lowest BCUT2D eigenvalue weighted by Gasteiger charge is -2.21. The standard InChI is InChI=1S/C11H15Cl2N3O2/c1-11(2,3)18-10(17)16-7-6(12)5-15-9(13)8(7)14-4/h5,14H,1-4H3,(H,15,16,17). The van der Waals surface area contributed by atoms with Crippen LogP contribution in [0.4, 0.5) is 16.2 Å². The van der Waals surface area contributed by atoms with Crippen LogP contribution in [0.25, 0.3) is 0 Å². The Morgan fingerprint density at radius 1 is 1.33 bits per heavy atom. The van der Waals surface area contributed by atoms with E-state index in [-0.39, 0.29) is 10.2 Å². The van der Waals surface area contributed by atoms with Gasteiger partial charge in [-0.3, -0.25) is 5.32 Å². The van der Waals surface area contributed by atoms with Gasteiger partial charge >= 0.3 is 6.09 Å². The van der Waals surface area contributed by atoms with Crippen molar-refractivity contribution in [1.29, 1.82) is 0 Å². The maximum absolute atomic E-state index is 11.7. The fourth-order valence-corrected chi connectivity index (χ4v) is 1.65. The van der Waals surface area contributed by atoms with Gasteiger partial charge in [-0.15, -0.1) is 0 Å². The fraction of sp³-hybridized carbons (Fsp3) is 0.455. The summed E-state index contributed by atoms with van der Waals surface area (Å²) in [6.45, 7) is 5.31. The number of nitrogens with zero attached hydrogens (tertiary/aromatic N) is 1. The summed E-state index contributed by atoms with van der Waals surface area (Å²) in [7, 11) is 1.65. The van der Waals surface area contributed by atoms with Gasteiger partial charge in [0.1, 0.15) is 5.60 Å². The molecule has 0 aromatic carbocycles. The minimum absolute atomic E-state index is 0.216. The molecule has 0 saturated carbocycles. The normalized spacial score (nSPS) is 11.0. The molecule has 2 N–H and O–H groups in total. The molecule has 0 bridgehead atoms. The van der Waals surface area contributed by atoms with Crippen LogP contribution in [0.1, 0.15) is 20.8 Å². The Morgan fingerprint density at radius 2 is 1.94 bits per heavy atom. The van der Waals surface area contributed by atoms with Crippen LogP contribution in [0.5, 0.6) is 0 Å². The number of pyridine rings is 1. The highest BCUT2D eigenvalue weighted by Gasteiger charge is 2.19. The molecule has 100 valence electrons. The van der Waals surface area contributed by atoms with E-state index in [1.807, 2.05) is 0 Å². The highest BCUT2D eigenvalue weighted by atomic mass is 35.5. The zero-order valence-corrected chi connectivity index (χ0v) is 12.1. The van der Waals surface area contributed by atoms with Crippen molar-refractivity contribution in [3.63, 3.8) is 0 Å². The van der Waals surface area contributed by atoms with Crippen molar-refractivity contribution in [2.45, 2.75) is 26.4 Å². The summed E-state index contributed by atoms with van der Waals surface area (Å²) >= 11 is 11.9. The second-order valence-electron chi connectivity index (χ2n) is 4.52. The van der Waals surface area contributed by atoms with Crippen LogP contribution in [0.15, 0.2) is 6.20 Å². The van der Waals surface area contributed by atoms with E-state index in [0.717, 1.165) is 0 Å². The molecule has 7 heteroatoms. The number of rotatable bonds is 2. The summed E-state index contributed by atoms with van der Waals surface area (Å²) in [5.41, 5.74) is 0.191. The fourth-order valence-electron chi connectivity index (χ4n) is 1.22. The predicted molar refractivity (Wildman–Crippen MR) is 73.7 cm³/mol. The molecule has 0 aliphatic heterocycles. The van der Waals surface area contributed by atoms with Crippen LogP contribution >= 0.6 is 23.2 Å². The van der Waals surface area contributed by atoms with E-state index in [9.17, 15) is 4.79 Å². The van der Waals surface area contributed by atoms with Gasteiger partial charge in [0.15, 0.2) is 5.15 Å². The third-order valence-electron chi connectivity index (χ3n) is 1.86. The topological polar surface area (TPSA) is 63.2 Å². The average Bonchev–Trinajstić information content (AvgIpc) is 2.21. The predicted octanol–water partition coefficient (Wildman–Crippen LogP) is 3.78. The molecule has 0 fully saturated rings. The largest absolute Gasteiger partial charge is 0.444 e. The maximum atomic E-state index is 11.7. The number of hydrogen-bond donors (Lipinski definition) is 2. The Morgan fingerprint density at radius 3 is 2.44 bits per heavy atom. The number of halogens is 2. The number of aromatic nitrogens is 1. The molecule has 18 heavy (non-hydrogen) atoms. The van der Waals surface area contributed by atoms with Crippen molar-refractivity contribution in [1.82, 2.24) is 4.98 Å². The van der Waals surface area contributed by atoms with Crippen molar-refractivity contribution in [3.05, 3.63) is 16.4 Å². The molecule has 1 amide bonds. The van der Waals surface area contributed by atoms with Gasteiger partial charge in [0.25, 0.3) is 0 Å². The number of carbonyl (C=O) groups excluding carboxylic acids is 1. The van der Waals surface area contributed by atoms with Crippen molar-refractivity contribution >= 4 is 40.7 Å². The number of carbonyl (C=O) groups is 1. The highest BCUT2D eigenvalue weighted by Crippen LogP contribution is 2.34. The molecule has 0 saturated heterocycles. The van der Waals surface area contributed by atoms with E-state index < -0.39 is 11.7 Å². The van der Waals surface area contributed by atoms with Gasteiger partial charge in [-0.2, -0.15) is 0 Å². The first-order valence-electron chi connectivity index (χ1n) is 5.26. The molecule has 5 nitrogen and oxygen atoms in total. The van der Waals surface area contributed by atoms with Gasteiger partial charge in [-0.05, 0) is 20.8 Å². The van der Waals surface area contributed by atoms with Crippen LogP contribution in [0.3, 0.4) is 0 Å². The molecule has 0 radical (unpaired) electrons. The SMILES string of the molecule is CNc1c(Cl)ncc(Cl)c1NC(=O)OC(C)(C)C. The minimum atomic E-state index is -0.608. The lowest BCUT2D eigenvalue weighted by Crippen LogP contribution is -2.27. The van der Waals surface area contributed by atoms with Gasteiger partial charge in [0, 0.05) is 13.2 Å². The van der Waals surface area contributed by atoms with Gasteiger partial charge in [-0.25, -0.2) is 9.78 Å². The lowest BCUT2D eigenvalue weighted by atomic mass is 10.2. The first kappa shape index (κ1) is 14.9. The Kier molecular flexibility index (Phi) is 4.65. The van der Waals surface area contributed by atoms with E-state index in [0.29, 0.717) is 11.4 Å². The van der Waals surface area contributed by atoms with Crippen molar-refractivity contribution in [2.24, 2.45) is 0 Å². The zero-order valence-electron chi connectivity index (χ0n) is 10.6. The van der Waals surface area contributed by atoms with Gasteiger partial charge in [0.2, 0.25) is 0 Å². The molecule has 1 aromatic heterocycles. The summed E-state index contributed by atoms with van der Waals surface area (Å²) in [5.74, 6) is 0. The third kappa shape index (κ3) is 3.92. The van der Waals surface area contributed by atoms with Gasteiger partial charge < -0.3 is 10.1 Å². The van der Waals surface area contributed by atoms with E-state index in [1.165, 1.54) is 6.20 Å². The van der Waals surface area contributed by atoms with Crippen LogP contribution in [0.2, 0.25) is 10.2 Å². The number of amides is 1. The van der Waals surface area contributed by atoms with E-state index in [1.54, 1.807) is 27.8 Å². The summed E-state index contributed by atoms with van der Waals surface area (Å²) in [4.78, 5) is 15.5. The Bertz CT molecular complexity index is 458. The van der Waals surface area contributed by atoms with E-state index >= 15 is 0 Å². The molecule has 1 rings (SSSR count). The molecule has 0 aliphatic carbocycles. The van der Waals surface area contributed by atoms with Crippen LogP contribution in [-0.4, -0.2) is 23.7 Å². The Hall–Kier alpha value is -1.20. The molecular formula is C11H15Cl2N3O2. The van der Waals surface area contributed by atoms with Gasteiger partial charge in [0.05, 0.1) is 16.4 Å². The smallest absolute Gasteiger partial charge is 0.412 e. The van der Waals surface area contributed by atoms with E-state index in [2.05, 4.69) is 15.6 Å².